The third-order valence-electron chi connectivity index (χ3n) is 28.6. The maximum Gasteiger partial charge on any atom is 0.229 e. The van der Waals surface area contributed by atoms with E-state index in [1.165, 1.54) is 0 Å². The lowest BCUT2D eigenvalue weighted by molar-refractivity contribution is 0.655. The van der Waals surface area contributed by atoms with Crippen LogP contribution in [0.15, 0.2) is 355 Å². The third kappa shape index (κ3) is 10.9. The molecule has 0 bridgehead atoms. The van der Waals surface area contributed by atoms with Crippen molar-refractivity contribution in [2.45, 2.75) is 0 Å². The summed E-state index contributed by atoms with van der Waals surface area (Å²) in [6, 6.07) is 102. The van der Waals surface area contributed by atoms with Gasteiger partial charge in [-0.1, -0.05) is 176 Å². The molecule has 0 saturated heterocycles. The molecular weight excluding hydrogens is 1800 g/mol. The van der Waals surface area contributed by atoms with E-state index in [4.69, 9.17) is 66.4 Å². The zero-order chi connectivity index (χ0) is 95.0. The lowest BCUT2D eigenvalue weighted by Gasteiger charge is -1.96. The van der Waals surface area contributed by atoms with Crippen molar-refractivity contribution in [2.24, 2.45) is 42.3 Å². The number of imidazole rings is 12. The predicted octanol–water partition coefficient (Wildman–Crippen LogP) is 25.6. The zero-order valence-corrected chi connectivity index (χ0v) is 77.4. The zero-order valence-electron chi connectivity index (χ0n) is 77.4. The van der Waals surface area contributed by atoms with Crippen LogP contribution in [-0.2, 0) is 42.3 Å². The van der Waals surface area contributed by atoms with Crippen molar-refractivity contribution >= 4 is 300 Å². The van der Waals surface area contributed by atoms with Crippen LogP contribution in [0.25, 0.3) is 300 Å². The minimum atomic E-state index is 0.636. The Labute approximate surface area is 805 Å². The highest BCUT2D eigenvalue weighted by atomic mass is 16.4. The Hall–Kier alpha value is -20.0. The van der Waals surface area contributed by atoms with Gasteiger partial charge in [0, 0.05) is 104 Å². The Morgan fingerprint density at radius 3 is 1.03 bits per heavy atom. The summed E-state index contributed by atoms with van der Waals surface area (Å²) in [6.07, 6.45) is 7.32. The average Bonchev–Trinajstić information content (AvgIpc) is 1.56. The van der Waals surface area contributed by atoms with Gasteiger partial charge < -0.3 is 53.9 Å². The first-order valence-corrected chi connectivity index (χ1v) is 47.1. The summed E-state index contributed by atoms with van der Waals surface area (Å²) in [5.74, 6) is 5.28. The maximum atomic E-state index is 6.18. The lowest BCUT2D eigenvalue weighted by atomic mass is 10.1. The van der Waals surface area contributed by atoms with Crippen molar-refractivity contribution in [3.63, 3.8) is 0 Å². The minimum absolute atomic E-state index is 0.636. The van der Waals surface area contributed by atoms with Crippen LogP contribution in [0.4, 0.5) is 0 Å². The van der Waals surface area contributed by atoms with E-state index >= 15 is 0 Å². The van der Waals surface area contributed by atoms with Gasteiger partial charge in [-0.05, 0) is 121 Å². The number of pyridine rings is 6. The van der Waals surface area contributed by atoms with E-state index in [0.29, 0.717) is 17.0 Å². The summed E-state index contributed by atoms with van der Waals surface area (Å²) < 4.78 is 61.5. The molecule has 24 aromatic heterocycles. The molecule has 0 radical (unpaired) electrons. The molecule has 0 atom stereocenters. The smallest absolute Gasteiger partial charge is 0.229 e. The fraction of sp³-hybridized carbons (Fsp3) is 0.0526. The number of hydrogen-bond acceptors (Lipinski definition) is 18. The van der Waals surface area contributed by atoms with Gasteiger partial charge in [-0.15, -0.1) is 0 Å². The molecule has 24 heterocycles. The number of fused-ring (bicyclic) bond motifs is 52. The molecular formula is C114H72N24O6. The molecule has 0 unspecified atom stereocenters. The van der Waals surface area contributed by atoms with E-state index in [-0.39, 0.29) is 0 Å². The number of aromatic nitrogens is 24. The molecule has 12 aromatic carbocycles. The van der Waals surface area contributed by atoms with Crippen LogP contribution < -0.4 is 0 Å². The summed E-state index contributed by atoms with van der Waals surface area (Å²) in [7, 11) is 12.2. The highest BCUT2D eigenvalue weighted by Crippen LogP contribution is 2.43. The number of benzene rings is 12. The highest BCUT2D eigenvalue weighted by molar-refractivity contribution is 6.21. The van der Waals surface area contributed by atoms with E-state index in [1.807, 2.05) is 243 Å². The summed E-state index contributed by atoms with van der Waals surface area (Å²) in [5, 5.41) is 11.6. The van der Waals surface area contributed by atoms with E-state index in [0.717, 1.165) is 283 Å². The normalized spacial score (nSPS) is 12.4. The minimum Gasteiger partial charge on any atom is -0.454 e. The van der Waals surface area contributed by atoms with Gasteiger partial charge in [0.2, 0.25) is 40.4 Å². The Bertz CT molecular complexity index is 11800. The molecule has 36 rings (SSSR count). The third-order valence-corrected chi connectivity index (χ3v) is 28.6. The van der Waals surface area contributed by atoms with Crippen LogP contribution in [-0.4, -0.2) is 114 Å². The molecule has 0 aliphatic heterocycles. The van der Waals surface area contributed by atoms with Gasteiger partial charge in [0.1, 0.15) is 55.6 Å². The summed E-state index contributed by atoms with van der Waals surface area (Å²) in [6.45, 7) is 0. The lowest BCUT2D eigenvalue weighted by Crippen LogP contribution is -1.87. The van der Waals surface area contributed by atoms with Crippen molar-refractivity contribution in [1.29, 1.82) is 0 Å². The van der Waals surface area contributed by atoms with Crippen molar-refractivity contribution in [2.75, 3.05) is 0 Å². The molecule has 0 N–H and O–H groups in total. The number of aryl methyl sites for hydroxylation is 6. The first-order valence-electron chi connectivity index (χ1n) is 47.1. The second-order valence-corrected chi connectivity index (χ2v) is 36.4. The summed E-state index contributed by atoms with van der Waals surface area (Å²) in [5.41, 5.74) is 34.4. The molecule has 0 amide bonds. The Balaban J connectivity index is 0.0000000788. The second-order valence-electron chi connectivity index (χ2n) is 36.4. The number of hydrogen-bond donors (Lipinski definition) is 0. The molecule has 0 aliphatic rings. The Kier molecular flexibility index (Phi) is 16.1. The molecule has 0 saturated carbocycles. The van der Waals surface area contributed by atoms with Crippen LogP contribution >= 0.6 is 0 Å². The largest absolute Gasteiger partial charge is 0.454 e. The fourth-order valence-electron chi connectivity index (χ4n) is 22.0. The van der Waals surface area contributed by atoms with Crippen LogP contribution in [0.5, 0.6) is 0 Å². The molecule has 144 heavy (non-hydrogen) atoms. The topological polar surface area (TPSA) is 290 Å². The quantitative estimate of drug-likeness (QED) is 0.136. The van der Waals surface area contributed by atoms with Gasteiger partial charge in [-0.25, -0.2) is 34.9 Å². The number of furan rings is 6. The SMILES string of the molecule is Cn1c2ccccc2n2c3c(ncc4c5ccccc5oc43)nc12.Cn1c2ccccc2n2c3c(ncc4oc5ccccc5c43)nc12.Cn1c2ccccc2n2c3cc4c(nc3nc12)oc1ccccc14.Cn1c2ccccc2n2c3cc4oc5ccccc5c4nc3nc12.Cn1c2ccccc2n2c3ncc4c5ccccc5oc4c3nc12.Cn1c2ccccc2n2c3ncc4oc5ccccc5c4c3nc12. The van der Waals surface area contributed by atoms with Crippen molar-refractivity contribution in [3.8, 4) is 0 Å². The van der Waals surface area contributed by atoms with Gasteiger partial charge in [0.25, 0.3) is 0 Å². The van der Waals surface area contributed by atoms with E-state index < -0.39 is 0 Å². The molecule has 0 spiro atoms. The standard InChI is InChI=1S/6C19H12N4O/c1-22-13-7-3-4-8-14(13)23-15-10-12-11-6-2-5-9-16(11)24-18(12)20-17(15)21-19(22)23;1-22-13-7-3-4-8-14(13)23-16-17-12(10-20-18(16)21-19(22)23)11-6-2-5-9-15(11)24-17;1-22-13-7-3-4-8-14(13)23-18-16(21-19(22)23)17-12(10-20-18)11-6-2-5-9-15(11)24-17;1-22-12-7-3-4-8-13(12)23-14-10-16-17(20-18(14)21-19(22)23)11-6-2-5-9-15(11)24-16;1-22-12-7-3-4-8-13(12)23-17-16-11-6-2-5-9-14(11)24-15(16)10-20-18(17)21-19(22)23;1-22-12-7-3-4-8-13(12)23-18-17(21-19(22)23)16-11-6-2-5-9-14(11)24-15(16)10-20-18/h6*2-10H,1H3. The number of rotatable bonds is 0. The van der Waals surface area contributed by atoms with Crippen molar-refractivity contribution in [1.82, 2.24) is 114 Å². The molecule has 0 fully saturated rings. The first kappa shape index (κ1) is 79.1. The van der Waals surface area contributed by atoms with Crippen LogP contribution in [0.2, 0.25) is 0 Å². The molecule has 684 valence electrons. The summed E-state index contributed by atoms with van der Waals surface area (Å²) >= 11 is 0. The van der Waals surface area contributed by atoms with Gasteiger partial charge in [-0.3, -0.25) is 26.4 Å². The fourth-order valence-corrected chi connectivity index (χ4v) is 22.0. The number of nitrogens with zero attached hydrogens (tertiary/aromatic N) is 24. The monoisotopic (exact) mass is 1870 g/mol. The van der Waals surface area contributed by atoms with Crippen molar-refractivity contribution in [3.05, 3.63) is 328 Å². The van der Waals surface area contributed by atoms with Gasteiger partial charge in [0.05, 0.1) is 106 Å². The molecule has 36 aromatic rings. The highest BCUT2D eigenvalue weighted by Gasteiger charge is 2.28. The Morgan fingerprint density at radius 1 is 0.188 bits per heavy atom. The number of para-hydroxylation sites is 18. The molecule has 30 nitrogen and oxygen atoms in total. The van der Waals surface area contributed by atoms with Gasteiger partial charge >= 0.3 is 0 Å². The second kappa shape index (κ2) is 29.3. The van der Waals surface area contributed by atoms with Crippen molar-refractivity contribution < 1.29 is 26.5 Å². The van der Waals surface area contributed by atoms with Crippen LogP contribution in [0, 0.1) is 0 Å². The Morgan fingerprint density at radius 2 is 0.507 bits per heavy atom. The predicted molar refractivity (Wildman–Crippen MR) is 565 cm³/mol. The van der Waals surface area contributed by atoms with Gasteiger partial charge in [-0.2, -0.15) is 24.9 Å². The van der Waals surface area contributed by atoms with E-state index in [1.54, 1.807) is 12.4 Å². The van der Waals surface area contributed by atoms with E-state index in [2.05, 4.69) is 189 Å². The van der Waals surface area contributed by atoms with E-state index in [9.17, 15) is 0 Å². The average molecular weight is 1870 g/mol. The van der Waals surface area contributed by atoms with Crippen LogP contribution in [0.3, 0.4) is 0 Å². The van der Waals surface area contributed by atoms with Gasteiger partial charge in [0.15, 0.2) is 67.3 Å². The molecule has 0 aliphatic carbocycles. The first-order chi connectivity index (χ1) is 70.9. The maximum absolute atomic E-state index is 6.18. The summed E-state index contributed by atoms with van der Waals surface area (Å²) in [4.78, 5) is 56.6. The van der Waals surface area contributed by atoms with Crippen LogP contribution in [0.1, 0.15) is 0 Å². The molecule has 30 heteroatoms.